The second-order valence-electron chi connectivity index (χ2n) is 21.6. The van der Waals surface area contributed by atoms with E-state index in [0.29, 0.717) is 21.7 Å². The van der Waals surface area contributed by atoms with Gasteiger partial charge in [0.25, 0.3) is 0 Å². The smallest absolute Gasteiger partial charge is 0.0483 e. The van der Waals surface area contributed by atoms with Gasteiger partial charge in [0.2, 0.25) is 0 Å². The van der Waals surface area contributed by atoms with Crippen LogP contribution < -0.4 is 5.32 Å². The molecule has 0 aliphatic carbocycles. The van der Waals surface area contributed by atoms with E-state index < -0.39 is 0 Å². The molecule has 3 heteroatoms. The van der Waals surface area contributed by atoms with Gasteiger partial charge in [-0.3, -0.25) is 0 Å². The molecule has 3 N–H and O–H groups in total. The Balaban J connectivity index is 0.000000169. The van der Waals surface area contributed by atoms with Gasteiger partial charge in [-0.15, -0.1) is 0 Å². The quantitative estimate of drug-likeness (QED) is 0.164. The van der Waals surface area contributed by atoms with Crippen molar-refractivity contribution in [2.75, 3.05) is 5.32 Å². The number of hydrogen-bond donors (Lipinski definition) is 3. The molecule has 3 heterocycles. The molecule has 6 aromatic rings. The number of benzene rings is 4. The molecule has 0 unspecified atom stereocenters. The zero-order chi connectivity index (χ0) is 42.3. The van der Waals surface area contributed by atoms with E-state index in [2.05, 4.69) is 205 Å². The van der Waals surface area contributed by atoms with Gasteiger partial charge in [0, 0.05) is 41.2 Å². The minimum absolute atomic E-state index is 0.351. The van der Waals surface area contributed by atoms with Crippen LogP contribution in [-0.4, -0.2) is 9.97 Å². The number of H-pyrrole nitrogens is 2. The monoisotopic (exact) mass is 766 g/mol. The van der Waals surface area contributed by atoms with Crippen molar-refractivity contribution in [1.29, 1.82) is 0 Å². The van der Waals surface area contributed by atoms with Crippen LogP contribution in [0.15, 0.2) is 104 Å². The molecule has 0 spiro atoms. The minimum Gasteiger partial charge on any atom is -0.361 e. The topological polar surface area (TPSA) is 43.6 Å². The van der Waals surface area contributed by atoms with E-state index >= 15 is 0 Å². The molecule has 0 atom stereocenters. The lowest BCUT2D eigenvalue weighted by molar-refractivity contribution is 0.411. The lowest BCUT2D eigenvalue weighted by atomic mass is 9.87. The second kappa shape index (κ2) is 18.4. The van der Waals surface area contributed by atoms with Gasteiger partial charge < -0.3 is 15.3 Å². The summed E-state index contributed by atoms with van der Waals surface area (Å²) in [5.41, 5.74) is 17.5. The number of hydrogen-bond acceptors (Lipinski definition) is 1. The highest BCUT2D eigenvalue weighted by Gasteiger charge is 2.17. The maximum absolute atomic E-state index is 3.96. The van der Waals surface area contributed by atoms with Crippen molar-refractivity contribution in [2.24, 2.45) is 21.7 Å². The fraction of sp³-hybridized carbons (Fsp3) is 0.444. The van der Waals surface area contributed by atoms with Gasteiger partial charge in [0.05, 0.1) is 0 Å². The van der Waals surface area contributed by atoms with Gasteiger partial charge in [-0.2, -0.15) is 0 Å². The molecule has 4 aromatic carbocycles. The van der Waals surface area contributed by atoms with Gasteiger partial charge in [-0.05, 0) is 149 Å². The van der Waals surface area contributed by atoms with E-state index in [-0.39, 0.29) is 0 Å². The average molecular weight is 766 g/mol. The zero-order valence-electron chi connectivity index (χ0n) is 38.4. The van der Waals surface area contributed by atoms with Crippen molar-refractivity contribution >= 4 is 27.5 Å². The van der Waals surface area contributed by atoms with E-state index in [1.807, 2.05) is 12.4 Å². The Kier molecular flexibility index (Phi) is 14.6. The molecule has 306 valence electrons. The second-order valence-corrected chi connectivity index (χ2v) is 21.6. The Morgan fingerprint density at radius 1 is 0.491 bits per heavy atom. The van der Waals surface area contributed by atoms with Crippen LogP contribution in [0.3, 0.4) is 0 Å². The number of aryl methyl sites for hydroxylation is 3. The van der Waals surface area contributed by atoms with Crippen LogP contribution in [0, 0.1) is 42.4 Å². The summed E-state index contributed by atoms with van der Waals surface area (Å²) >= 11 is 0. The van der Waals surface area contributed by atoms with E-state index in [9.17, 15) is 0 Å². The lowest BCUT2D eigenvalue weighted by Crippen LogP contribution is -2.09. The molecule has 2 aromatic heterocycles. The van der Waals surface area contributed by atoms with Gasteiger partial charge in [-0.1, -0.05) is 143 Å². The number of allylic oxidation sites excluding steroid dienone is 1. The molecule has 0 radical (unpaired) electrons. The number of fused-ring (bicyclic) bond motifs is 3. The lowest BCUT2D eigenvalue weighted by Gasteiger charge is -2.18. The molecule has 7 rings (SSSR count). The van der Waals surface area contributed by atoms with E-state index in [0.717, 1.165) is 37.8 Å². The summed E-state index contributed by atoms with van der Waals surface area (Å²) in [6, 6.07) is 29.1. The van der Waals surface area contributed by atoms with Crippen LogP contribution in [0.25, 0.3) is 21.8 Å². The first-order valence-electron chi connectivity index (χ1n) is 21.1. The predicted molar refractivity (Wildman–Crippen MR) is 253 cm³/mol. The van der Waals surface area contributed by atoms with Crippen LogP contribution in [0.2, 0.25) is 0 Å². The van der Waals surface area contributed by atoms with Crippen LogP contribution in [0.4, 0.5) is 5.69 Å². The molecular formula is C54H75N3. The van der Waals surface area contributed by atoms with Crippen molar-refractivity contribution in [3.63, 3.8) is 0 Å². The number of nitrogens with one attached hydrogen (secondary N) is 3. The number of aromatic amines is 2. The Labute approximate surface area is 347 Å². The molecule has 0 fully saturated rings. The fourth-order valence-electron chi connectivity index (χ4n) is 7.84. The van der Waals surface area contributed by atoms with Crippen LogP contribution in [0.5, 0.6) is 0 Å². The number of rotatable bonds is 4. The van der Waals surface area contributed by atoms with E-state index in [4.69, 9.17) is 0 Å². The Morgan fingerprint density at radius 3 is 1.54 bits per heavy atom. The summed E-state index contributed by atoms with van der Waals surface area (Å²) in [5.74, 6) is 0. The molecule has 57 heavy (non-hydrogen) atoms. The Bertz CT molecular complexity index is 2210. The summed E-state index contributed by atoms with van der Waals surface area (Å²) in [7, 11) is 0. The van der Waals surface area contributed by atoms with Crippen molar-refractivity contribution in [3.05, 3.63) is 148 Å². The first-order chi connectivity index (χ1) is 26.3. The predicted octanol–water partition coefficient (Wildman–Crippen LogP) is 15.5. The highest BCUT2D eigenvalue weighted by atomic mass is 14.9. The van der Waals surface area contributed by atoms with Crippen molar-refractivity contribution in [1.82, 2.24) is 9.97 Å². The largest absolute Gasteiger partial charge is 0.361 e. The molecule has 0 bridgehead atoms. The Morgan fingerprint density at radius 2 is 0.965 bits per heavy atom. The third kappa shape index (κ3) is 15.8. The maximum Gasteiger partial charge on any atom is 0.0483 e. The van der Waals surface area contributed by atoms with Gasteiger partial charge in [-0.25, -0.2) is 0 Å². The summed E-state index contributed by atoms with van der Waals surface area (Å²) < 4.78 is 0. The molecule has 0 saturated carbocycles. The highest BCUT2D eigenvalue weighted by molar-refractivity contribution is 5.83. The van der Waals surface area contributed by atoms with Gasteiger partial charge in [0.15, 0.2) is 0 Å². The van der Waals surface area contributed by atoms with Crippen molar-refractivity contribution < 1.29 is 0 Å². The fourth-order valence-corrected chi connectivity index (χ4v) is 7.84. The Hall–Kier alpha value is -4.50. The standard InChI is InChI=1S/2C14H19N.C13H17N.C13H20/c1-10-7-11(9-14(2,3)4)8-12-5-6-15-13(10)12;1-10-7-12-6-5-11(8-13(12)15-10)9-14(2,3)4;1-13(2,3)9-10-4-5-12-11(8-10)6-7-14-12;1-10-6-11(2)8-12(7-10)9-13(3,4)5/h5-8,15H,9H2,1-4H3;5-6,8,15H,1,7,9H2,2-4H3;4-8,14H,9H2,1-3H3;6-8H,9H2,1-5H3. The molecular weight excluding hydrogens is 691 g/mol. The maximum atomic E-state index is 3.96. The molecule has 1 aliphatic heterocycles. The summed E-state index contributed by atoms with van der Waals surface area (Å²) in [4.78, 5) is 6.49. The summed E-state index contributed by atoms with van der Waals surface area (Å²) in [5, 5.41) is 5.97. The van der Waals surface area contributed by atoms with Crippen LogP contribution in [-0.2, 0) is 32.1 Å². The SMILES string of the molecule is C=C1Cc2ccc(CC(C)(C)C)cc2N1.CC(C)(C)Cc1ccc2[nH]ccc2c1.Cc1cc(C)cc(CC(C)(C)C)c1.Cc1cc(CC(C)(C)C)cc2cc[nH]c12. The average Bonchev–Trinajstić information content (AvgIpc) is 3.77. The van der Waals surface area contributed by atoms with Gasteiger partial charge in [0.1, 0.15) is 0 Å². The molecule has 3 nitrogen and oxygen atoms in total. The van der Waals surface area contributed by atoms with Crippen molar-refractivity contribution in [2.45, 2.75) is 136 Å². The first kappa shape index (κ1) is 45.2. The summed E-state index contributed by atoms with van der Waals surface area (Å²) in [6.45, 7) is 37.8. The van der Waals surface area contributed by atoms with Crippen LogP contribution >= 0.6 is 0 Å². The molecule has 0 amide bonds. The van der Waals surface area contributed by atoms with E-state index in [1.165, 1.54) is 72.0 Å². The highest BCUT2D eigenvalue weighted by Crippen LogP contribution is 2.31. The third-order valence-corrected chi connectivity index (χ3v) is 9.64. The summed E-state index contributed by atoms with van der Waals surface area (Å²) in [6.07, 6.45) is 9.53. The van der Waals surface area contributed by atoms with E-state index in [1.54, 1.807) is 0 Å². The number of anilines is 1. The number of aromatic nitrogens is 2. The normalized spacial score (nSPS) is 12.9. The third-order valence-electron chi connectivity index (χ3n) is 9.64. The first-order valence-corrected chi connectivity index (χ1v) is 21.1. The molecule has 0 saturated heterocycles. The van der Waals surface area contributed by atoms with Gasteiger partial charge >= 0.3 is 0 Å². The zero-order valence-corrected chi connectivity index (χ0v) is 38.4. The van der Waals surface area contributed by atoms with Crippen LogP contribution in [0.1, 0.15) is 128 Å². The van der Waals surface area contributed by atoms with Crippen molar-refractivity contribution in [3.8, 4) is 0 Å². The minimum atomic E-state index is 0.351. The molecule has 1 aliphatic rings.